The first-order valence-corrected chi connectivity index (χ1v) is 7.07. The average Bonchev–Trinajstić information content (AvgIpc) is 2.82. The zero-order valence-corrected chi connectivity index (χ0v) is 11.6. The summed E-state index contributed by atoms with van der Waals surface area (Å²) in [6.07, 6.45) is 5.61. The second-order valence-electron chi connectivity index (χ2n) is 5.31. The third-order valence-electron chi connectivity index (χ3n) is 3.55. The highest BCUT2D eigenvalue weighted by atomic mass is 16.1. The molecule has 1 aliphatic carbocycles. The molecule has 0 aromatic rings. The number of hydrogen-bond acceptors (Lipinski definition) is 4. The van der Waals surface area contributed by atoms with E-state index in [0.717, 1.165) is 26.2 Å². The molecule has 0 unspecified atom stereocenters. The largest absolute Gasteiger partial charge is 0.370 e. The summed E-state index contributed by atoms with van der Waals surface area (Å²) in [6, 6.07) is 0. The lowest BCUT2D eigenvalue weighted by molar-refractivity contribution is -0.119. The molecule has 0 spiro atoms. The summed E-state index contributed by atoms with van der Waals surface area (Å²) in [7, 11) is 0. The quantitative estimate of drug-likeness (QED) is 0.636. The minimum absolute atomic E-state index is 0.137. The Bertz CT molecular complexity index is 284. The van der Waals surface area contributed by atoms with Crippen LogP contribution in [0.25, 0.3) is 0 Å². The van der Waals surface area contributed by atoms with Gasteiger partial charge < -0.3 is 16.8 Å². The van der Waals surface area contributed by atoms with Gasteiger partial charge in [-0.3, -0.25) is 14.5 Å². The Morgan fingerprint density at radius 2 is 1.63 bits per heavy atom. The summed E-state index contributed by atoms with van der Waals surface area (Å²) in [5, 5.41) is 3.19. The van der Waals surface area contributed by atoms with Crippen molar-refractivity contribution < 1.29 is 9.59 Å². The van der Waals surface area contributed by atoms with E-state index in [-0.39, 0.29) is 11.8 Å². The van der Waals surface area contributed by atoms with Gasteiger partial charge in [0.15, 0.2) is 0 Å². The van der Waals surface area contributed by atoms with E-state index in [4.69, 9.17) is 11.5 Å². The predicted molar refractivity (Wildman–Crippen MR) is 74.3 cm³/mol. The SMILES string of the molecule is NC(=O)CC1CCCC1.NC(=O)CN1CCNCC1. The molecule has 2 rings (SSSR count). The monoisotopic (exact) mass is 270 g/mol. The third kappa shape index (κ3) is 7.79. The number of primary amides is 2. The van der Waals surface area contributed by atoms with Crippen LogP contribution in [0.5, 0.6) is 0 Å². The maximum absolute atomic E-state index is 10.4. The van der Waals surface area contributed by atoms with Crippen LogP contribution in [-0.2, 0) is 9.59 Å². The van der Waals surface area contributed by atoms with Gasteiger partial charge in [-0.15, -0.1) is 0 Å². The Kier molecular flexibility index (Phi) is 7.43. The van der Waals surface area contributed by atoms with Crippen LogP contribution >= 0.6 is 0 Å². The zero-order valence-electron chi connectivity index (χ0n) is 11.6. The molecule has 6 heteroatoms. The molecule has 1 saturated carbocycles. The van der Waals surface area contributed by atoms with Crippen LogP contribution in [0, 0.1) is 5.92 Å². The lowest BCUT2D eigenvalue weighted by Gasteiger charge is -2.25. The van der Waals surface area contributed by atoms with Crippen LogP contribution in [0.1, 0.15) is 32.1 Å². The molecule has 6 nitrogen and oxygen atoms in total. The highest BCUT2D eigenvalue weighted by Crippen LogP contribution is 2.26. The van der Waals surface area contributed by atoms with E-state index in [9.17, 15) is 9.59 Å². The summed E-state index contributed by atoms with van der Waals surface area (Å²) in [6.45, 7) is 4.20. The second kappa shape index (κ2) is 8.87. The van der Waals surface area contributed by atoms with Crippen molar-refractivity contribution in [1.82, 2.24) is 10.2 Å². The first kappa shape index (κ1) is 15.9. The molecule has 0 aromatic heterocycles. The van der Waals surface area contributed by atoms with Gasteiger partial charge in [-0.1, -0.05) is 12.8 Å². The van der Waals surface area contributed by atoms with Gasteiger partial charge in [0.2, 0.25) is 11.8 Å². The molecule has 0 aromatic carbocycles. The first-order chi connectivity index (χ1) is 9.08. The maximum Gasteiger partial charge on any atom is 0.231 e. The number of hydrogen-bond donors (Lipinski definition) is 3. The normalized spacial score (nSPS) is 20.6. The fourth-order valence-electron chi connectivity index (χ4n) is 2.59. The van der Waals surface area contributed by atoms with Gasteiger partial charge in [0, 0.05) is 32.6 Å². The van der Waals surface area contributed by atoms with Gasteiger partial charge in [0.05, 0.1) is 6.54 Å². The van der Waals surface area contributed by atoms with Gasteiger partial charge in [0.25, 0.3) is 0 Å². The van der Waals surface area contributed by atoms with Crippen molar-refractivity contribution in [2.45, 2.75) is 32.1 Å². The summed E-state index contributed by atoms with van der Waals surface area (Å²) in [4.78, 5) is 22.9. The number of carbonyl (C=O) groups excluding carboxylic acids is 2. The average molecular weight is 270 g/mol. The van der Waals surface area contributed by atoms with Gasteiger partial charge in [-0.25, -0.2) is 0 Å². The smallest absolute Gasteiger partial charge is 0.231 e. The molecule has 1 saturated heterocycles. The van der Waals surface area contributed by atoms with Crippen molar-refractivity contribution >= 4 is 11.8 Å². The highest BCUT2D eigenvalue weighted by Gasteiger charge is 2.16. The molecular formula is C13H26N4O2. The van der Waals surface area contributed by atoms with Crippen molar-refractivity contribution in [1.29, 1.82) is 0 Å². The lowest BCUT2D eigenvalue weighted by atomic mass is 10.0. The summed E-state index contributed by atoms with van der Waals surface area (Å²) >= 11 is 0. The molecule has 110 valence electrons. The van der Waals surface area contributed by atoms with Gasteiger partial charge in [0.1, 0.15) is 0 Å². The Balaban J connectivity index is 0.000000191. The van der Waals surface area contributed by atoms with E-state index in [0.29, 0.717) is 18.9 Å². The Labute approximate surface area is 114 Å². The molecule has 0 atom stereocenters. The van der Waals surface area contributed by atoms with Gasteiger partial charge in [-0.2, -0.15) is 0 Å². The Morgan fingerprint density at radius 3 is 2.11 bits per heavy atom. The van der Waals surface area contributed by atoms with Crippen LogP contribution in [0.3, 0.4) is 0 Å². The minimum Gasteiger partial charge on any atom is -0.370 e. The van der Waals surface area contributed by atoms with E-state index in [1.807, 2.05) is 0 Å². The van der Waals surface area contributed by atoms with Crippen molar-refractivity contribution in [2.24, 2.45) is 17.4 Å². The number of rotatable bonds is 4. The highest BCUT2D eigenvalue weighted by molar-refractivity contribution is 5.75. The van der Waals surface area contributed by atoms with E-state index in [1.165, 1.54) is 25.7 Å². The maximum atomic E-state index is 10.4. The van der Waals surface area contributed by atoms with Gasteiger partial charge in [-0.05, 0) is 18.8 Å². The molecule has 19 heavy (non-hydrogen) atoms. The van der Waals surface area contributed by atoms with Gasteiger partial charge >= 0.3 is 0 Å². The van der Waals surface area contributed by atoms with Crippen molar-refractivity contribution in [3.05, 3.63) is 0 Å². The zero-order chi connectivity index (χ0) is 14.1. The molecule has 2 aliphatic rings. The van der Waals surface area contributed by atoms with Crippen LogP contribution in [0.4, 0.5) is 0 Å². The van der Waals surface area contributed by atoms with E-state index in [1.54, 1.807) is 0 Å². The number of nitrogens with one attached hydrogen (secondary N) is 1. The van der Waals surface area contributed by atoms with Crippen molar-refractivity contribution in [3.63, 3.8) is 0 Å². The van der Waals surface area contributed by atoms with E-state index >= 15 is 0 Å². The van der Waals surface area contributed by atoms with Crippen LogP contribution in [-0.4, -0.2) is 49.4 Å². The molecule has 2 amide bonds. The molecule has 0 radical (unpaired) electrons. The topological polar surface area (TPSA) is 101 Å². The minimum atomic E-state index is -0.234. The number of amides is 2. The Hall–Kier alpha value is -1.14. The number of piperazine rings is 1. The summed E-state index contributed by atoms with van der Waals surface area (Å²) < 4.78 is 0. The lowest BCUT2D eigenvalue weighted by Crippen LogP contribution is -2.46. The number of nitrogens with zero attached hydrogens (tertiary/aromatic N) is 1. The van der Waals surface area contributed by atoms with Crippen LogP contribution in [0.15, 0.2) is 0 Å². The van der Waals surface area contributed by atoms with E-state index < -0.39 is 0 Å². The fraction of sp³-hybridized carbons (Fsp3) is 0.846. The molecule has 1 aliphatic heterocycles. The molecule has 1 heterocycles. The van der Waals surface area contributed by atoms with Crippen molar-refractivity contribution in [3.8, 4) is 0 Å². The Morgan fingerprint density at radius 1 is 1.05 bits per heavy atom. The molecule has 2 fully saturated rings. The van der Waals surface area contributed by atoms with E-state index in [2.05, 4.69) is 10.2 Å². The number of carbonyl (C=O) groups is 2. The predicted octanol–water partition coefficient (Wildman–Crippen LogP) is -0.571. The second-order valence-corrected chi connectivity index (χ2v) is 5.31. The van der Waals surface area contributed by atoms with Crippen LogP contribution < -0.4 is 16.8 Å². The summed E-state index contributed by atoms with van der Waals surface area (Å²) in [5.41, 5.74) is 10.1. The number of nitrogens with two attached hydrogens (primary N) is 2. The molecule has 0 bridgehead atoms. The fourth-order valence-corrected chi connectivity index (χ4v) is 2.59. The molecular weight excluding hydrogens is 244 g/mol. The first-order valence-electron chi connectivity index (χ1n) is 7.07. The van der Waals surface area contributed by atoms with Crippen molar-refractivity contribution in [2.75, 3.05) is 32.7 Å². The standard InChI is InChI=1S/C7H13NO.C6H13N3O/c8-7(9)5-6-3-1-2-4-6;7-6(10)5-9-3-1-8-2-4-9/h6H,1-5H2,(H2,8,9);8H,1-5H2,(H2,7,10). The third-order valence-corrected chi connectivity index (χ3v) is 3.55. The van der Waals surface area contributed by atoms with Crippen LogP contribution in [0.2, 0.25) is 0 Å². The summed E-state index contributed by atoms with van der Waals surface area (Å²) in [5.74, 6) is 0.242. The molecule has 5 N–H and O–H groups in total.